The summed E-state index contributed by atoms with van der Waals surface area (Å²) in [6.45, 7) is 4.53. The van der Waals surface area contributed by atoms with Gasteiger partial charge in [0.2, 0.25) is 11.8 Å². The number of benzene rings is 1. The predicted octanol–water partition coefficient (Wildman–Crippen LogP) is 2.15. The number of hydrogen-bond acceptors (Lipinski definition) is 3. The van der Waals surface area contributed by atoms with Gasteiger partial charge >= 0.3 is 0 Å². The fraction of sp³-hybridized carbons (Fsp3) is 0.529. The van der Waals surface area contributed by atoms with Gasteiger partial charge in [-0.1, -0.05) is 38.1 Å². The molecule has 1 aromatic rings. The minimum absolute atomic E-state index is 0.0954. The van der Waals surface area contributed by atoms with Crippen LogP contribution in [0, 0.1) is 0 Å². The summed E-state index contributed by atoms with van der Waals surface area (Å²) in [5.74, 6) is -0.204. The number of fused-ring (bicyclic) bond motifs is 1. The first kappa shape index (κ1) is 14.3. The van der Waals surface area contributed by atoms with Crippen molar-refractivity contribution in [3.63, 3.8) is 0 Å². The number of nitrogens with one attached hydrogen (secondary N) is 1. The summed E-state index contributed by atoms with van der Waals surface area (Å²) >= 11 is 0. The number of carbonyl (C=O) groups excluding carboxylic acids is 2. The van der Waals surface area contributed by atoms with Crippen molar-refractivity contribution in [3.8, 4) is 0 Å². The van der Waals surface area contributed by atoms with Gasteiger partial charge in [0.1, 0.15) is 0 Å². The number of likely N-dealkylation sites (N-methyl/N-ethyl adjacent to an activating group) is 1. The monoisotopic (exact) mass is 286 g/mol. The Kier molecular flexibility index (Phi) is 3.36. The van der Waals surface area contributed by atoms with Crippen LogP contribution in [0.1, 0.15) is 50.3 Å². The Balaban J connectivity index is 1.85. The van der Waals surface area contributed by atoms with Crippen LogP contribution in [-0.4, -0.2) is 29.8 Å². The van der Waals surface area contributed by atoms with E-state index in [0.29, 0.717) is 0 Å². The highest BCUT2D eigenvalue weighted by molar-refractivity contribution is 6.05. The summed E-state index contributed by atoms with van der Waals surface area (Å²) in [6, 6.07) is 8.21. The lowest BCUT2D eigenvalue weighted by atomic mass is 9.71. The molecule has 112 valence electrons. The van der Waals surface area contributed by atoms with E-state index >= 15 is 0 Å². The van der Waals surface area contributed by atoms with Gasteiger partial charge < -0.3 is 0 Å². The zero-order valence-corrected chi connectivity index (χ0v) is 12.8. The van der Waals surface area contributed by atoms with Crippen molar-refractivity contribution >= 4 is 11.8 Å². The van der Waals surface area contributed by atoms with Crippen molar-refractivity contribution in [2.45, 2.75) is 50.6 Å². The average Bonchev–Trinajstić information content (AvgIpc) is 2.70. The van der Waals surface area contributed by atoms with Crippen LogP contribution in [-0.2, 0) is 15.0 Å². The molecular weight excluding hydrogens is 264 g/mol. The van der Waals surface area contributed by atoms with Crippen LogP contribution in [0.5, 0.6) is 0 Å². The molecule has 1 aromatic carbocycles. The lowest BCUT2D eigenvalue weighted by Crippen LogP contribution is -2.42. The van der Waals surface area contributed by atoms with Gasteiger partial charge in [-0.2, -0.15) is 0 Å². The van der Waals surface area contributed by atoms with Gasteiger partial charge in [0, 0.05) is 13.1 Å². The van der Waals surface area contributed by atoms with E-state index in [-0.39, 0.29) is 35.7 Å². The Morgan fingerprint density at radius 2 is 1.90 bits per heavy atom. The number of imide groups is 1. The van der Waals surface area contributed by atoms with E-state index in [0.717, 1.165) is 12.8 Å². The number of nitrogens with zero attached hydrogens (tertiary/aromatic N) is 1. The Hall–Kier alpha value is -1.68. The van der Waals surface area contributed by atoms with Gasteiger partial charge in [-0.25, -0.2) is 0 Å². The van der Waals surface area contributed by atoms with Gasteiger partial charge in [-0.3, -0.25) is 19.8 Å². The fourth-order valence-corrected chi connectivity index (χ4v) is 3.51. The molecule has 4 nitrogen and oxygen atoms in total. The molecule has 3 rings (SSSR count). The summed E-state index contributed by atoms with van der Waals surface area (Å²) < 4.78 is 0. The molecule has 4 heteroatoms. The number of amides is 2. The van der Waals surface area contributed by atoms with E-state index in [1.54, 1.807) is 7.05 Å². The molecule has 2 aliphatic rings. The van der Waals surface area contributed by atoms with E-state index in [9.17, 15) is 9.59 Å². The third kappa shape index (κ3) is 2.38. The molecular formula is C17H22N2O2. The second-order valence-electron chi connectivity index (χ2n) is 6.78. The minimum Gasteiger partial charge on any atom is -0.298 e. The quantitative estimate of drug-likeness (QED) is 0.848. The molecule has 1 aliphatic carbocycles. The average molecular weight is 286 g/mol. The van der Waals surface area contributed by atoms with Gasteiger partial charge in [0.05, 0.1) is 12.5 Å². The summed E-state index contributed by atoms with van der Waals surface area (Å²) in [4.78, 5) is 25.0. The summed E-state index contributed by atoms with van der Waals surface area (Å²) in [5.41, 5.74) is 2.78. The number of hydrogen-bond donors (Lipinski definition) is 1. The molecule has 0 bridgehead atoms. The van der Waals surface area contributed by atoms with Gasteiger partial charge in [0.15, 0.2) is 0 Å². The highest BCUT2D eigenvalue weighted by Crippen LogP contribution is 2.41. The maximum absolute atomic E-state index is 12.1. The second kappa shape index (κ2) is 4.95. The van der Waals surface area contributed by atoms with E-state index < -0.39 is 0 Å². The van der Waals surface area contributed by atoms with Crippen LogP contribution >= 0.6 is 0 Å². The van der Waals surface area contributed by atoms with Crippen LogP contribution in [0.4, 0.5) is 0 Å². The molecule has 2 atom stereocenters. The van der Waals surface area contributed by atoms with Crippen LogP contribution in [0.15, 0.2) is 24.3 Å². The van der Waals surface area contributed by atoms with Crippen molar-refractivity contribution in [3.05, 3.63) is 35.4 Å². The molecule has 2 unspecified atom stereocenters. The Morgan fingerprint density at radius 1 is 1.19 bits per heavy atom. The number of likely N-dealkylation sites (tertiary alicyclic amines) is 1. The van der Waals surface area contributed by atoms with E-state index in [1.807, 2.05) is 6.07 Å². The third-order valence-corrected chi connectivity index (χ3v) is 4.91. The molecule has 21 heavy (non-hydrogen) atoms. The molecule has 2 amide bonds. The molecule has 1 fully saturated rings. The van der Waals surface area contributed by atoms with Crippen LogP contribution in [0.2, 0.25) is 0 Å². The maximum Gasteiger partial charge on any atom is 0.246 e. The van der Waals surface area contributed by atoms with Crippen molar-refractivity contribution in [2.24, 2.45) is 0 Å². The van der Waals surface area contributed by atoms with Gasteiger partial charge in [-0.05, 0) is 29.4 Å². The smallest absolute Gasteiger partial charge is 0.246 e. The molecule has 1 aliphatic heterocycles. The van der Waals surface area contributed by atoms with E-state index in [1.165, 1.54) is 16.0 Å². The molecule has 0 radical (unpaired) electrons. The fourth-order valence-electron chi connectivity index (χ4n) is 3.51. The largest absolute Gasteiger partial charge is 0.298 e. The molecule has 0 aromatic heterocycles. The topological polar surface area (TPSA) is 49.4 Å². The first-order valence-corrected chi connectivity index (χ1v) is 7.56. The molecule has 1 heterocycles. The molecule has 0 saturated carbocycles. The summed E-state index contributed by atoms with van der Waals surface area (Å²) in [7, 11) is 1.56. The lowest BCUT2D eigenvalue weighted by molar-refractivity contribution is -0.137. The van der Waals surface area contributed by atoms with E-state index in [2.05, 4.69) is 37.4 Å². The Bertz CT molecular complexity index is 594. The molecule has 0 spiro atoms. The van der Waals surface area contributed by atoms with Crippen molar-refractivity contribution in [1.29, 1.82) is 0 Å². The Labute approximate surface area is 125 Å². The molecule has 1 N–H and O–H groups in total. The summed E-state index contributed by atoms with van der Waals surface area (Å²) in [6.07, 6.45) is 2.34. The lowest BCUT2D eigenvalue weighted by Gasteiger charge is -2.38. The first-order chi connectivity index (χ1) is 9.90. The van der Waals surface area contributed by atoms with Crippen LogP contribution < -0.4 is 5.32 Å². The van der Waals surface area contributed by atoms with Gasteiger partial charge in [-0.15, -0.1) is 0 Å². The zero-order chi connectivity index (χ0) is 15.2. The first-order valence-electron chi connectivity index (χ1n) is 7.56. The van der Waals surface area contributed by atoms with Crippen molar-refractivity contribution in [2.75, 3.05) is 7.05 Å². The minimum atomic E-state index is -0.373. The highest BCUT2D eigenvalue weighted by atomic mass is 16.2. The zero-order valence-electron chi connectivity index (χ0n) is 12.8. The van der Waals surface area contributed by atoms with Crippen LogP contribution in [0.25, 0.3) is 0 Å². The summed E-state index contributed by atoms with van der Waals surface area (Å²) in [5, 5.41) is 3.41. The molecule has 1 saturated heterocycles. The standard InChI is InChI=1S/C17H22N2O2/c1-17(2)9-8-13(11-6-4-5-7-12(11)17)18-14-10-15(20)19(3)16(14)21/h4-7,13-14,18H,8-10H2,1-3H3. The Morgan fingerprint density at radius 3 is 2.57 bits per heavy atom. The van der Waals surface area contributed by atoms with Crippen molar-refractivity contribution in [1.82, 2.24) is 10.2 Å². The van der Waals surface area contributed by atoms with Crippen molar-refractivity contribution < 1.29 is 9.59 Å². The van der Waals surface area contributed by atoms with E-state index in [4.69, 9.17) is 0 Å². The predicted molar refractivity (Wildman–Crippen MR) is 80.8 cm³/mol. The maximum atomic E-state index is 12.1. The number of carbonyl (C=O) groups is 2. The van der Waals surface area contributed by atoms with Gasteiger partial charge in [0.25, 0.3) is 0 Å². The second-order valence-corrected chi connectivity index (χ2v) is 6.78. The SMILES string of the molecule is CN1C(=O)CC(NC2CCC(C)(C)c3ccccc32)C1=O. The highest BCUT2D eigenvalue weighted by Gasteiger charge is 2.39. The third-order valence-electron chi connectivity index (χ3n) is 4.91. The van der Waals surface area contributed by atoms with Crippen LogP contribution in [0.3, 0.4) is 0 Å². The normalized spacial score (nSPS) is 27.9. The number of rotatable bonds is 2.